The molecule has 0 aliphatic carbocycles. The van der Waals surface area contributed by atoms with Gasteiger partial charge < -0.3 is 10.2 Å². The van der Waals surface area contributed by atoms with Crippen molar-refractivity contribution in [2.45, 2.75) is 11.3 Å². The van der Waals surface area contributed by atoms with Gasteiger partial charge in [-0.3, -0.25) is 0 Å². The van der Waals surface area contributed by atoms with Crippen molar-refractivity contribution in [3.05, 3.63) is 42.2 Å². The van der Waals surface area contributed by atoms with Gasteiger partial charge in [-0.2, -0.15) is 0 Å². The smallest absolute Gasteiger partial charge is 0.227 e. The van der Waals surface area contributed by atoms with E-state index in [1.165, 1.54) is 0 Å². The normalized spacial score (nSPS) is 10.7. The topological polar surface area (TPSA) is 53.9 Å². The molecule has 2 heterocycles. The van der Waals surface area contributed by atoms with E-state index in [2.05, 4.69) is 37.3 Å². The summed E-state index contributed by atoms with van der Waals surface area (Å²) in [5.74, 6) is 0.587. The lowest BCUT2D eigenvalue weighted by Gasteiger charge is -2.13. The number of aromatic nitrogens is 3. The Balaban J connectivity index is 1.83. The molecule has 0 bridgehead atoms. The number of thioether (sulfide) groups is 1. The van der Waals surface area contributed by atoms with E-state index in [0.29, 0.717) is 5.95 Å². The van der Waals surface area contributed by atoms with Gasteiger partial charge in [-0.05, 0) is 43.5 Å². The summed E-state index contributed by atoms with van der Waals surface area (Å²) in [6, 6.07) is 10.1. The fourth-order valence-electron chi connectivity index (χ4n) is 2.21. The van der Waals surface area contributed by atoms with Gasteiger partial charge in [0.15, 0.2) is 4.34 Å². The molecule has 0 saturated carbocycles. The van der Waals surface area contributed by atoms with Gasteiger partial charge in [-0.15, -0.1) is 11.3 Å². The third kappa shape index (κ3) is 3.68. The molecule has 0 radical (unpaired) electrons. The van der Waals surface area contributed by atoms with Gasteiger partial charge in [-0.1, -0.05) is 11.8 Å². The van der Waals surface area contributed by atoms with Crippen LogP contribution in [-0.4, -0.2) is 35.3 Å². The number of anilines is 3. The molecule has 7 heteroatoms. The summed E-state index contributed by atoms with van der Waals surface area (Å²) < 4.78 is 1.05. The minimum Gasteiger partial charge on any atom is -0.378 e. The lowest BCUT2D eigenvalue weighted by atomic mass is 10.2. The van der Waals surface area contributed by atoms with Crippen LogP contribution in [-0.2, 0) is 0 Å². The highest BCUT2D eigenvalue weighted by Gasteiger charge is 2.11. The molecule has 0 aliphatic rings. The largest absolute Gasteiger partial charge is 0.378 e. The predicted molar refractivity (Wildman–Crippen MR) is 104 cm³/mol. The molecule has 124 valence electrons. The van der Waals surface area contributed by atoms with Crippen LogP contribution in [0.3, 0.4) is 0 Å². The van der Waals surface area contributed by atoms with Gasteiger partial charge in [0, 0.05) is 31.7 Å². The molecule has 1 N–H and O–H groups in total. The molecule has 0 amide bonds. The van der Waals surface area contributed by atoms with Crippen molar-refractivity contribution in [2.24, 2.45) is 0 Å². The number of rotatable bonds is 5. The second-order valence-corrected chi connectivity index (χ2v) is 7.48. The third-order valence-corrected chi connectivity index (χ3v) is 5.64. The van der Waals surface area contributed by atoms with Gasteiger partial charge in [0.1, 0.15) is 0 Å². The van der Waals surface area contributed by atoms with Crippen molar-refractivity contribution in [1.82, 2.24) is 15.0 Å². The Labute approximate surface area is 150 Å². The van der Waals surface area contributed by atoms with Crippen molar-refractivity contribution in [3.8, 4) is 10.6 Å². The summed E-state index contributed by atoms with van der Waals surface area (Å²) in [4.78, 5) is 16.7. The number of hydrogen-bond donors (Lipinski definition) is 1. The van der Waals surface area contributed by atoms with Crippen molar-refractivity contribution < 1.29 is 0 Å². The number of aryl methyl sites for hydroxylation is 1. The third-order valence-electron chi connectivity index (χ3n) is 3.48. The van der Waals surface area contributed by atoms with Crippen LogP contribution < -0.4 is 10.2 Å². The maximum absolute atomic E-state index is 4.63. The molecule has 0 saturated heterocycles. The van der Waals surface area contributed by atoms with E-state index in [-0.39, 0.29) is 0 Å². The second kappa shape index (κ2) is 7.19. The molecule has 0 aliphatic heterocycles. The van der Waals surface area contributed by atoms with E-state index in [4.69, 9.17) is 0 Å². The molecule has 3 rings (SSSR count). The molecule has 0 atom stereocenters. The van der Waals surface area contributed by atoms with E-state index < -0.39 is 0 Å². The minimum absolute atomic E-state index is 0.587. The van der Waals surface area contributed by atoms with Crippen LogP contribution in [0.2, 0.25) is 0 Å². The Hall–Kier alpha value is -2.12. The first-order chi connectivity index (χ1) is 11.6. The molecule has 2 aromatic heterocycles. The number of hydrogen-bond acceptors (Lipinski definition) is 7. The van der Waals surface area contributed by atoms with Crippen LogP contribution in [0.4, 0.5) is 17.3 Å². The number of thiazole rings is 1. The summed E-state index contributed by atoms with van der Waals surface area (Å²) in [6.07, 6.45) is 3.81. The fraction of sp³-hybridized carbons (Fsp3) is 0.235. The number of nitrogens with zero attached hydrogens (tertiary/aromatic N) is 4. The highest BCUT2D eigenvalue weighted by Crippen LogP contribution is 2.33. The average Bonchev–Trinajstić information content (AvgIpc) is 2.97. The first-order valence-corrected chi connectivity index (χ1v) is 9.50. The Morgan fingerprint density at radius 3 is 2.46 bits per heavy atom. The van der Waals surface area contributed by atoms with Gasteiger partial charge in [0.05, 0.1) is 16.3 Å². The average molecular weight is 358 g/mol. The van der Waals surface area contributed by atoms with Crippen molar-refractivity contribution in [2.75, 3.05) is 30.6 Å². The Kier molecular flexibility index (Phi) is 5.01. The van der Waals surface area contributed by atoms with Gasteiger partial charge in [0.2, 0.25) is 5.95 Å². The molecule has 0 unspecified atom stereocenters. The predicted octanol–water partition coefficient (Wildman–Crippen LogP) is 4.44. The Morgan fingerprint density at radius 1 is 1.08 bits per heavy atom. The monoisotopic (exact) mass is 357 g/mol. The van der Waals surface area contributed by atoms with E-state index in [1.807, 2.05) is 45.5 Å². The van der Waals surface area contributed by atoms with Gasteiger partial charge in [-0.25, -0.2) is 15.0 Å². The second-order valence-electron chi connectivity index (χ2n) is 5.43. The van der Waals surface area contributed by atoms with Crippen molar-refractivity contribution in [3.63, 3.8) is 0 Å². The molecular weight excluding hydrogens is 338 g/mol. The standard InChI is InChI=1S/C17H19N5S2/c1-11-15(24-17(19-11)23-4)14-9-10-18-16(21-14)20-12-5-7-13(8-6-12)22(2)3/h5-10H,1-4H3,(H,18,20,21). The zero-order chi connectivity index (χ0) is 17.1. The van der Waals surface area contributed by atoms with E-state index in [0.717, 1.165) is 32.0 Å². The summed E-state index contributed by atoms with van der Waals surface area (Å²) in [6.45, 7) is 2.01. The molecule has 1 aromatic carbocycles. The molecular formula is C17H19N5S2. The number of benzene rings is 1. The molecule has 5 nitrogen and oxygen atoms in total. The molecule has 0 fully saturated rings. The maximum atomic E-state index is 4.63. The maximum Gasteiger partial charge on any atom is 0.227 e. The minimum atomic E-state index is 0.587. The highest BCUT2D eigenvalue weighted by atomic mass is 32.2. The van der Waals surface area contributed by atoms with E-state index >= 15 is 0 Å². The van der Waals surface area contributed by atoms with Crippen molar-refractivity contribution >= 4 is 40.4 Å². The van der Waals surface area contributed by atoms with Crippen LogP contribution in [0.1, 0.15) is 5.69 Å². The van der Waals surface area contributed by atoms with Crippen LogP contribution in [0.5, 0.6) is 0 Å². The Bertz CT molecular complexity index is 827. The lowest BCUT2D eigenvalue weighted by Crippen LogP contribution is -2.08. The zero-order valence-electron chi connectivity index (χ0n) is 14.1. The van der Waals surface area contributed by atoms with Crippen LogP contribution in [0.25, 0.3) is 10.6 Å². The van der Waals surface area contributed by atoms with E-state index in [9.17, 15) is 0 Å². The first-order valence-electron chi connectivity index (χ1n) is 7.46. The molecule has 0 spiro atoms. The SMILES string of the molecule is CSc1nc(C)c(-c2ccnc(Nc3ccc(N(C)C)cc3)n2)s1. The van der Waals surface area contributed by atoms with Crippen LogP contribution >= 0.6 is 23.1 Å². The Morgan fingerprint density at radius 2 is 1.83 bits per heavy atom. The van der Waals surface area contributed by atoms with Crippen LogP contribution in [0, 0.1) is 6.92 Å². The van der Waals surface area contributed by atoms with Gasteiger partial charge in [0.25, 0.3) is 0 Å². The first kappa shape index (κ1) is 16.7. The summed E-state index contributed by atoms with van der Waals surface area (Å²) in [5, 5.41) is 3.26. The summed E-state index contributed by atoms with van der Waals surface area (Å²) in [7, 11) is 4.05. The highest BCUT2D eigenvalue weighted by molar-refractivity contribution is 8.00. The lowest BCUT2D eigenvalue weighted by molar-refractivity contribution is 1.13. The summed E-state index contributed by atoms with van der Waals surface area (Å²) >= 11 is 3.31. The number of nitrogens with one attached hydrogen (secondary N) is 1. The summed E-state index contributed by atoms with van der Waals surface area (Å²) in [5.41, 5.74) is 4.01. The quantitative estimate of drug-likeness (QED) is 0.681. The molecule has 3 aromatic rings. The fourth-order valence-corrected chi connectivity index (χ4v) is 3.79. The zero-order valence-corrected chi connectivity index (χ0v) is 15.7. The van der Waals surface area contributed by atoms with E-state index in [1.54, 1.807) is 29.3 Å². The molecule has 24 heavy (non-hydrogen) atoms. The van der Waals surface area contributed by atoms with Crippen molar-refractivity contribution in [1.29, 1.82) is 0 Å². The van der Waals surface area contributed by atoms with Gasteiger partial charge >= 0.3 is 0 Å². The van der Waals surface area contributed by atoms with Crippen LogP contribution in [0.15, 0.2) is 40.9 Å².